The molecule has 0 saturated heterocycles. The minimum atomic E-state index is 0.165. The van der Waals surface area contributed by atoms with Gasteiger partial charge in [-0.3, -0.25) is 0 Å². The van der Waals surface area contributed by atoms with Gasteiger partial charge in [0, 0.05) is 6.61 Å². The van der Waals surface area contributed by atoms with E-state index in [1.54, 1.807) is 14.2 Å². The first kappa shape index (κ1) is 16.8. The molecule has 4 nitrogen and oxygen atoms in total. The predicted octanol–water partition coefficient (Wildman–Crippen LogP) is 3.03. The Kier molecular flexibility index (Phi) is 7.41. The van der Waals surface area contributed by atoms with Gasteiger partial charge in [0.1, 0.15) is 0 Å². The summed E-state index contributed by atoms with van der Waals surface area (Å²) in [6.45, 7) is 8.72. The lowest BCUT2D eigenvalue weighted by molar-refractivity contribution is 0.0904. The molecule has 0 aliphatic heterocycles. The van der Waals surface area contributed by atoms with Gasteiger partial charge in [0.05, 0.1) is 26.9 Å². The third-order valence-corrected chi connectivity index (χ3v) is 3.00. The molecule has 0 bridgehead atoms. The van der Waals surface area contributed by atoms with Crippen LogP contribution < -0.4 is 14.8 Å². The molecule has 114 valence electrons. The number of methoxy groups -OCH3 is 2. The zero-order chi connectivity index (χ0) is 15.0. The molecule has 0 saturated carbocycles. The molecule has 1 aromatic carbocycles. The molecular weight excluding hydrogens is 254 g/mol. The van der Waals surface area contributed by atoms with Crippen molar-refractivity contribution in [1.82, 2.24) is 5.32 Å². The van der Waals surface area contributed by atoms with Gasteiger partial charge in [0.15, 0.2) is 11.5 Å². The smallest absolute Gasteiger partial charge is 0.161 e. The van der Waals surface area contributed by atoms with Crippen LogP contribution in [0.4, 0.5) is 0 Å². The zero-order valence-electron chi connectivity index (χ0n) is 13.2. The Hall–Kier alpha value is -1.26. The molecule has 0 amide bonds. The quantitative estimate of drug-likeness (QED) is 0.755. The fourth-order valence-electron chi connectivity index (χ4n) is 2.01. The van der Waals surface area contributed by atoms with E-state index in [0.717, 1.165) is 30.2 Å². The van der Waals surface area contributed by atoms with Crippen molar-refractivity contribution >= 4 is 0 Å². The van der Waals surface area contributed by atoms with Crippen molar-refractivity contribution in [3.05, 3.63) is 23.8 Å². The van der Waals surface area contributed by atoms with Gasteiger partial charge < -0.3 is 19.5 Å². The van der Waals surface area contributed by atoms with Gasteiger partial charge in [-0.05, 0) is 30.2 Å². The highest BCUT2D eigenvalue weighted by atomic mass is 16.5. The highest BCUT2D eigenvalue weighted by molar-refractivity contribution is 5.43. The summed E-state index contributed by atoms with van der Waals surface area (Å²) < 4.78 is 16.4. The van der Waals surface area contributed by atoms with E-state index in [9.17, 15) is 0 Å². The average Bonchev–Trinajstić information content (AvgIpc) is 2.45. The van der Waals surface area contributed by atoms with Crippen LogP contribution in [0.25, 0.3) is 0 Å². The van der Waals surface area contributed by atoms with E-state index < -0.39 is 0 Å². The molecule has 1 rings (SSSR count). The Morgan fingerprint density at radius 2 is 1.75 bits per heavy atom. The average molecular weight is 281 g/mol. The molecule has 0 aliphatic rings. The van der Waals surface area contributed by atoms with Crippen LogP contribution in [-0.4, -0.2) is 34.0 Å². The number of hydrogen-bond donors (Lipinski definition) is 1. The highest BCUT2D eigenvalue weighted by Crippen LogP contribution is 2.30. The van der Waals surface area contributed by atoms with Crippen molar-refractivity contribution in [3.63, 3.8) is 0 Å². The fourth-order valence-corrected chi connectivity index (χ4v) is 2.01. The molecular formula is C16H27NO3. The summed E-state index contributed by atoms with van der Waals surface area (Å²) in [5.74, 6) is 2.04. The Bertz CT molecular complexity index is 393. The molecule has 0 aliphatic carbocycles. The lowest BCUT2D eigenvalue weighted by atomic mass is 10.1. The van der Waals surface area contributed by atoms with E-state index in [4.69, 9.17) is 14.2 Å². The summed E-state index contributed by atoms with van der Waals surface area (Å²) in [7, 11) is 3.30. The second-order valence-corrected chi connectivity index (χ2v) is 5.16. The molecule has 4 heteroatoms. The summed E-state index contributed by atoms with van der Waals surface area (Å²) in [6.07, 6.45) is 0. The number of rotatable bonds is 9. The van der Waals surface area contributed by atoms with E-state index in [1.807, 2.05) is 18.2 Å². The van der Waals surface area contributed by atoms with Gasteiger partial charge in [-0.15, -0.1) is 0 Å². The van der Waals surface area contributed by atoms with E-state index >= 15 is 0 Å². The van der Waals surface area contributed by atoms with Crippen molar-refractivity contribution in [1.29, 1.82) is 0 Å². The van der Waals surface area contributed by atoms with E-state index in [-0.39, 0.29) is 6.04 Å². The maximum absolute atomic E-state index is 5.76. The molecule has 0 radical (unpaired) electrons. The van der Waals surface area contributed by atoms with Gasteiger partial charge in [0.2, 0.25) is 0 Å². The van der Waals surface area contributed by atoms with Gasteiger partial charge >= 0.3 is 0 Å². The monoisotopic (exact) mass is 281 g/mol. The maximum Gasteiger partial charge on any atom is 0.161 e. The molecule has 0 heterocycles. The third-order valence-electron chi connectivity index (χ3n) is 3.00. The van der Waals surface area contributed by atoms with E-state index in [1.165, 1.54) is 0 Å². The van der Waals surface area contributed by atoms with Crippen LogP contribution in [0, 0.1) is 5.92 Å². The van der Waals surface area contributed by atoms with Crippen molar-refractivity contribution in [3.8, 4) is 11.5 Å². The van der Waals surface area contributed by atoms with Crippen LogP contribution in [0.5, 0.6) is 11.5 Å². The highest BCUT2D eigenvalue weighted by Gasteiger charge is 2.14. The number of likely N-dealkylation sites (N-methyl/N-ethyl adjacent to an activating group) is 1. The molecule has 1 aromatic rings. The second-order valence-electron chi connectivity index (χ2n) is 5.16. The van der Waals surface area contributed by atoms with Gasteiger partial charge in [0.25, 0.3) is 0 Å². The second kappa shape index (κ2) is 8.82. The summed E-state index contributed by atoms with van der Waals surface area (Å²) in [6, 6.07) is 6.15. The SMILES string of the molecule is CCNC(COCC(C)C)c1ccc(OC)c(OC)c1. The van der Waals surface area contributed by atoms with E-state index in [0.29, 0.717) is 12.5 Å². The number of benzene rings is 1. The van der Waals surface area contributed by atoms with E-state index in [2.05, 4.69) is 26.1 Å². The first-order valence-electron chi connectivity index (χ1n) is 7.15. The van der Waals surface area contributed by atoms with Crippen LogP contribution in [-0.2, 0) is 4.74 Å². The lowest BCUT2D eigenvalue weighted by Gasteiger charge is -2.20. The van der Waals surface area contributed by atoms with Crippen LogP contribution in [0.15, 0.2) is 18.2 Å². The summed E-state index contributed by atoms with van der Waals surface area (Å²) in [4.78, 5) is 0. The lowest BCUT2D eigenvalue weighted by Crippen LogP contribution is -2.26. The van der Waals surface area contributed by atoms with Crippen LogP contribution in [0.1, 0.15) is 32.4 Å². The minimum absolute atomic E-state index is 0.165. The molecule has 1 unspecified atom stereocenters. The van der Waals surface area contributed by atoms with Gasteiger partial charge in [-0.1, -0.05) is 26.8 Å². The topological polar surface area (TPSA) is 39.7 Å². The maximum atomic E-state index is 5.76. The zero-order valence-corrected chi connectivity index (χ0v) is 13.2. The Morgan fingerprint density at radius 1 is 1.05 bits per heavy atom. The minimum Gasteiger partial charge on any atom is -0.493 e. The molecule has 0 spiro atoms. The van der Waals surface area contributed by atoms with Crippen LogP contribution in [0.3, 0.4) is 0 Å². The van der Waals surface area contributed by atoms with Crippen molar-refractivity contribution in [2.75, 3.05) is 34.0 Å². The van der Waals surface area contributed by atoms with Gasteiger partial charge in [-0.25, -0.2) is 0 Å². The Morgan fingerprint density at radius 3 is 2.30 bits per heavy atom. The van der Waals surface area contributed by atoms with Crippen molar-refractivity contribution in [2.24, 2.45) is 5.92 Å². The third kappa shape index (κ3) is 5.02. The van der Waals surface area contributed by atoms with Crippen LogP contribution >= 0.6 is 0 Å². The summed E-state index contributed by atoms with van der Waals surface area (Å²) in [5.41, 5.74) is 1.15. The number of nitrogens with one attached hydrogen (secondary N) is 1. The number of ether oxygens (including phenoxy) is 3. The summed E-state index contributed by atoms with van der Waals surface area (Å²) in [5, 5.41) is 3.44. The molecule has 0 fully saturated rings. The normalized spacial score (nSPS) is 12.5. The van der Waals surface area contributed by atoms with Crippen molar-refractivity contribution in [2.45, 2.75) is 26.8 Å². The summed E-state index contributed by atoms with van der Waals surface area (Å²) >= 11 is 0. The number of hydrogen-bond acceptors (Lipinski definition) is 4. The first-order chi connectivity index (χ1) is 9.62. The Labute approximate surface area is 122 Å². The molecule has 1 atom stereocenters. The first-order valence-corrected chi connectivity index (χ1v) is 7.15. The van der Waals surface area contributed by atoms with Crippen LogP contribution in [0.2, 0.25) is 0 Å². The molecule has 0 aromatic heterocycles. The standard InChI is InChI=1S/C16H27NO3/c1-6-17-14(11-20-10-12(2)3)13-7-8-15(18-4)16(9-13)19-5/h7-9,12,14,17H,6,10-11H2,1-5H3. The molecule has 20 heavy (non-hydrogen) atoms. The fraction of sp³-hybridized carbons (Fsp3) is 0.625. The Balaban J connectivity index is 2.79. The molecule has 1 N–H and O–H groups in total. The predicted molar refractivity (Wildman–Crippen MR) is 81.6 cm³/mol. The van der Waals surface area contributed by atoms with Gasteiger partial charge in [-0.2, -0.15) is 0 Å². The van der Waals surface area contributed by atoms with Crippen molar-refractivity contribution < 1.29 is 14.2 Å². The largest absolute Gasteiger partial charge is 0.493 e.